The van der Waals surface area contributed by atoms with Crippen molar-refractivity contribution in [3.05, 3.63) is 10.6 Å². The highest BCUT2D eigenvalue weighted by atomic mass is 32.1. The molecule has 0 saturated carbocycles. The van der Waals surface area contributed by atoms with E-state index >= 15 is 0 Å². The lowest BCUT2D eigenvalue weighted by atomic mass is 10.3. The molecular formula is C11H17N3O2S. The van der Waals surface area contributed by atoms with E-state index in [-0.39, 0.29) is 0 Å². The molecule has 1 aromatic rings. The molecule has 94 valence electrons. The van der Waals surface area contributed by atoms with Gasteiger partial charge in [0.1, 0.15) is 4.88 Å². The maximum atomic E-state index is 11.1. The van der Waals surface area contributed by atoms with Gasteiger partial charge in [0.05, 0.1) is 5.69 Å². The Balaban J connectivity index is 2.19. The summed E-state index contributed by atoms with van der Waals surface area (Å²) in [6.45, 7) is 5.79. The first-order chi connectivity index (χ1) is 8.11. The number of carboxylic acids is 1. The van der Waals surface area contributed by atoms with Crippen LogP contribution in [-0.4, -0.2) is 54.2 Å². The van der Waals surface area contributed by atoms with E-state index in [1.165, 1.54) is 11.3 Å². The van der Waals surface area contributed by atoms with E-state index in [4.69, 9.17) is 5.11 Å². The van der Waals surface area contributed by atoms with Crippen LogP contribution in [0.5, 0.6) is 0 Å². The second-order valence-corrected chi connectivity index (χ2v) is 5.20. The van der Waals surface area contributed by atoms with Gasteiger partial charge < -0.3 is 14.9 Å². The van der Waals surface area contributed by atoms with Crippen LogP contribution in [0.1, 0.15) is 22.3 Å². The predicted octanol–water partition coefficient (Wildman–Crippen LogP) is 1.16. The molecule has 6 heteroatoms. The van der Waals surface area contributed by atoms with Crippen LogP contribution in [0.2, 0.25) is 0 Å². The third kappa shape index (κ3) is 2.58. The first-order valence-electron chi connectivity index (χ1n) is 5.78. The second-order valence-electron chi connectivity index (χ2n) is 4.22. The maximum absolute atomic E-state index is 11.1. The molecular weight excluding hydrogens is 238 g/mol. The predicted molar refractivity (Wildman–Crippen MR) is 68.2 cm³/mol. The van der Waals surface area contributed by atoms with Gasteiger partial charge in [-0.1, -0.05) is 18.3 Å². The Kier molecular flexibility index (Phi) is 3.63. The van der Waals surface area contributed by atoms with Gasteiger partial charge in [-0.2, -0.15) is 0 Å². The lowest BCUT2D eigenvalue weighted by molar-refractivity contribution is 0.0701. The van der Waals surface area contributed by atoms with Crippen molar-refractivity contribution in [3.8, 4) is 0 Å². The van der Waals surface area contributed by atoms with E-state index in [1.807, 2.05) is 6.92 Å². The third-order valence-electron chi connectivity index (χ3n) is 2.99. The molecule has 0 aromatic carbocycles. The Morgan fingerprint density at radius 2 is 2.06 bits per heavy atom. The molecule has 0 radical (unpaired) electrons. The van der Waals surface area contributed by atoms with Gasteiger partial charge in [0.15, 0.2) is 5.13 Å². The van der Waals surface area contributed by atoms with Crippen LogP contribution in [0.25, 0.3) is 0 Å². The van der Waals surface area contributed by atoms with E-state index < -0.39 is 5.97 Å². The number of piperazine rings is 1. The van der Waals surface area contributed by atoms with Gasteiger partial charge in [0.2, 0.25) is 0 Å². The lowest BCUT2D eigenvalue weighted by Gasteiger charge is -2.32. The number of carbonyl (C=O) groups is 1. The average molecular weight is 255 g/mol. The summed E-state index contributed by atoms with van der Waals surface area (Å²) in [5, 5.41) is 9.95. The highest BCUT2D eigenvalue weighted by Crippen LogP contribution is 2.27. The average Bonchev–Trinajstić information content (AvgIpc) is 2.74. The van der Waals surface area contributed by atoms with E-state index in [2.05, 4.69) is 21.8 Å². The van der Waals surface area contributed by atoms with Crippen LogP contribution in [0, 0.1) is 0 Å². The molecule has 1 fully saturated rings. The molecule has 2 heterocycles. The summed E-state index contributed by atoms with van der Waals surface area (Å²) in [7, 11) is 2.10. The van der Waals surface area contributed by atoms with Crippen molar-refractivity contribution in [2.45, 2.75) is 13.3 Å². The highest BCUT2D eigenvalue weighted by Gasteiger charge is 2.21. The minimum absolute atomic E-state index is 0.390. The van der Waals surface area contributed by atoms with E-state index in [0.29, 0.717) is 17.0 Å². The molecule has 0 bridgehead atoms. The Labute approximate surface area is 105 Å². The van der Waals surface area contributed by atoms with E-state index in [0.717, 1.165) is 31.3 Å². The minimum atomic E-state index is -0.861. The third-order valence-corrected chi connectivity index (χ3v) is 4.14. The summed E-state index contributed by atoms with van der Waals surface area (Å²) in [5.41, 5.74) is 0.705. The summed E-state index contributed by atoms with van der Waals surface area (Å²) >= 11 is 1.30. The number of thiazole rings is 1. The molecule has 17 heavy (non-hydrogen) atoms. The zero-order valence-corrected chi connectivity index (χ0v) is 11.0. The molecule has 1 aliphatic heterocycles. The summed E-state index contributed by atoms with van der Waals surface area (Å²) in [4.78, 5) is 20.4. The van der Waals surface area contributed by atoms with Crippen LogP contribution >= 0.6 is 11.3 Å². The number of aryl methyl sites for hydroxylation is 1. The Morgan fingerprint density at radius 3 is 2.53 bits per heavy atom. The topological polar surface area (TPSA) is 56.7 Å². The van der Waals surface area contributed by atoms with E-state index in [1.54, 1.807) is 0 Å². The van der Waals surface area contributed by atoms with Crippen LogP contribution < -0.4 is 4.90 Å². The zero-order valence-electron chi connectivity index (χ0n) is 10.1. The number of hydrogen-bond acceptors (Lipinski definition) is 5. The van der Waals surface area contributed by atoms with Crippen molar-refractivity contribution >= 4 is 22.4 Å². The van der Waals surface area contributed by atoms with Gasteiger partial charge in [0.25, 0.3) is 0 Å². The fourth-order valence-electron chi connectivity index (χ4n) is 1.88. The molecule has 1 saturated heterocycles. The van der Waals surface area contributed by atoms with E-state index in [9.17, 15) is 4.79 Å². The SMILES string of the molecule is CCc1nc(N2CCN(C)CC2)sc1C(=O)O. The molecule has 0 amide bonds. The number of rotatable bonds is 3. The second kappa shape index (κ2) is 5.01. The number of carboxylic acid groups (broad SMARTS) is 1. The smallest absolute Gasteiger partial charge is 0.347 e. The van der Waals surface area contributed by atoms with Gasteiger partial charge in [-0.05, 0) is 13.5 Å². The Bertz CT molecular complexity index is 411. The molecule has 5 nitrogen and oxygen atoms in total. The van der Waals surface area contributed by atoms with Crippen LogP contribution in [-0.2, 0) is 6.42 Å². The van der Waals surface area contributed by atoms with Crippen molar-refractivity contribution in [1.82, 2.24) is 9.88 Å². The maximum Gasteiger partial charge on any atom is 0.347 e. The molecule has 0 unspecified atom stereocenters. The van der Waals surface area contributed by atoms with Gasteiger partial charge >= 0.3 is 5.97 Å². The fraction of sp³-hybridized carbons (Fsp3) is 0.636. The molecule has 0 aliphatic carbocycles. The number of nitrogens with zero attached hydrogens (tertiary/aromatic N) is 3. The van der Waals surface area contributed by atoms with Crippen molar-refractivity contribution in [1.29, 1.82) is 0 Å². The van der Waals surface area contributed by atoms with Gasteiger partial charge in [0, 0.05) is 26.2 Å². The number of aromatic carboxylic acids is 1. The van der Waals surface area contributed by atoms with Gasteiger partial charge in [-0.15, -0.1) is 0 Å². The monoisotopic (exact) mass is 255 g/mol. The van der Waals surface area contributed by atoms with Gasteiger partial charge in [-0.25, -0.2) is 9.78 Å². The standard InChI is InChI=1S/C11H17N3O2S/c1-3-8-9(10(15)16)17-11(12-8)14-6-4-13(2)5-7-14/h3-7H2,1-2H3,(H,15,16). The quantitative estimate of drug-likeness (QED) is 0.878. The summed E-state index contributed by atoms with van der Waals surface area (Å²) in [6.07, 6.45) is 0.672. The van der Waals surface area contributed by atoms with Crippen molar-refractivity contribution < 1.29 is 9.90 Å². The number of anilines is 1. The normalized spacial score (nSPS) is 17.4. The molecule has 0 spiro atoms. The largest absolute Gasteiger partial charge is 0.477 e. The number of hydrogen-bond donors (Lipinski definition) is 1. The van der Waals surface area contributed by atoms with Gasteiger partial charge in [-0.3, -0.25) is 0 Å². The molecule has 0 atom stereocenters. The minimum Gasteiger partial charge on any atom is -0.477 e. The summed E-state index contributed by atoms with van der Waals surface area (Å²) < 4.78 is 0. The number of aromatic nitrogens is 1. The summed E-state index contributed by atoms with van der Waals surface area (Å²) in [5.74, 6) is -0.861. The zero-order chi connectivity index (χ0) is 12.4. The lowest BCUT2D eigenvalue weighted by Crippen LogP contribution is -2.44. The van der Waals surface area contributed by atoms with Crippen molar-refractivity contribution in [2.75, 3.05) is 38.1 Å². The Hall–Kier alpha value is -1.14. The first-order valence-corrected chi connectivity index (χ1v) is 6.60. The van der Waals surface area contributed by atoms with Crippen LogP contribution in [0.15, 0.2) is 0 Å². The van der Waals surface area contributed by atoms with Crippen molar-refractivity contribution in [2.24, 2.45) is 0 Å². The fourth-order valence-corrected chi connectivity index (χ4v) is 2.92. The molecule has 1 aliphatic rings. The number of likely N-dealkylation sites (N-methyl/N-ethyl adjacent to an activating group) is 1. The molecule has 2 rings (SSSR count). The summed E-state index contributed by atoms with van der Waals surface area (Å²) in [6, 6.07) is 0. The highest BCUT2D eigenvalue weighted by molar-refractivity contribution is 7.17. The molecule has 1 aromatic heterocycles. The van der Waals surface area contributed by atoms with Crippen LogP contribution in [0.3, 0.4) is 0 Å². The van der Waals surface area contributed by atoms with Crippen molar-refractivity contribution in [3.63, 3.8) is 0 Å². The molecule has 1 N–H and O–H groups in total. The first kappa shape index (κ1) is 12.3. The van der Waals surface area contributed by atoms with Crippen LogP contribution in [0.4, 0.5) is 5.13 Å². The Morgan fingerprint density at radius 1 is 1.41 bits per heavy atom.